The Morgan fingerprint density at radius 2 is 2.09 bits per heavy atom. The monoisotopic (exact) mass is 319 g/mol. The van der Waals surface area contributed by atoms with Crippen molar-refractivity contribution in [2.45, 2.75) is 13.3 Å². The van der Waals surface area contributed by atoms with Gasteiger partial charge in [0, 0.05) is 19.3 Å². The van der Waals surface area contributed by atoms with Crippen molar-refractivity contribution < 1.29 is 19.7 Å². The van der Waals surface area contributed by atoms with E-state index >= 15 is 0 Å². The third-order valence-corrected chi connectivity index (χ3v) is 3.92. The van der Waals surface area contributed by atoms with Gasteiger partial charge in [0.15, 0.2) is 5.69 Å². The molecule has 0 amide bonds. The van der Waals surface area contributed by atoms with Crippen molar-refractivity contribution in [3.05, 3.63) is 33.9 Å². The molecule has 1 saturated heterocycles. The van der Waals surface area contributed by atoms with E-state index in [2.05, 4.69) is 9.88 Å². The van der Waals surface area contributed by atoms with E-state index in [1.54, 1.807) is 6.20 Å². The number of aromatic nitrogens is 2. The molecule has 122 valence electrons. The minimum absolute atomic E-state index is 0.254. The van der Waals surface area contributed by atoms with Crippen molar-refractivity contribution in [1.82, 2.24) is 9.38 Å². The molecule has 0 bridgehead atoms. The molecule has 2 aromatic heterocycles. The second-order valence-corrected chi connectivity index (χ2v) is 5.29. The van der Waals surface area contributed by atoms with E-state index in [9.17, 15) is 14.7 Å². The van der Waals surface area contributed by atoms with Crippen LogP contribution in [0.3, 0.4) is 0 Å². The highest BCUT2D eigenvalue weighted by atomic mass is 16.5. The number of carboxylic acid groups (broad SMARTS) is 1. The number of fused-ring (bicyclic) bond motifs is 1. The molecule has 0 saturated carbocycles. The van der Waals surface area contributed by atoms with E-state index < -0.39 is 23.0 Å². The Balaban J connectivity index is 2.25. The van der Waals surface area contributed by atoms with Gasteiger partial charge in [-0.1, -0.05) is 6.92 Å². The number of aryl methyl sites for hydroxylation is 1. The summed E-state index contributed by atoms with van der Waals surface area (Å²) < 4.78 is 6.54. The van der Waals surface area contributed by atoms with E-state index in [1.807, 2.05) is 13.0 Å². The molecule has 0 spiro atoms. The Morgan fingerprint density at radius 3 is 2.70 bits per heavy atom. The molecular weight excluding hydrogens is 302 g/mol. The molecule has 1 fully saturated rings. The highest BCUT2D eigenvalue weighted by Crippen LogP contribution is 2.22. The molecule has 0 aromatic carbocycles. The zero-order chi connectivity index (χ0) is 16.6. The minimum atomic E-state index is -1.43. The molecular formula is C15H17N3O5. The lowest BCUT2D eigenvalue weighted by Gasteiger charge is -2.29. The Morgan fingerprint density at radius 1 is 1.39 bits per heavy atom. The maximum absolute atomic E-state index is 12.3. The summed E-state index contributed by atoms with van der Waals surface area (Å²) in [6, 6.07) is 1.90. The van der Waals surface area contributed by atoms with E-state index in [1.165, 1.54) is 4.40 Å². The lowest BCUT2D eigenvalue weighted by Crippen LogP contribution is -2.36. The van der Waals surface area contributed by atoms with Gasteiger partial charge in [-0.25, -0.2) is 9.78 Å². The summed E-state index contributed by atoms with van der Waals surface area (Å²) in [7, 11) is 0. The Hall–Kier alpha value is -2.61. The van der Waals surface area contributed by atoms with Crippen molar-refractivity contribution in [2.24, 2.45) is 0 Å². The van der Waals surface area contributed by atoms with Gasteiger partial charge in [-0.3, -0.25) is 9.20 Å². The lowest BCUT2D eigenvalue weighted by molar-refractivity contribution is 0.0686. The average Bonchev–Trinajstić information content (AvgIpc) is 2.57. The number of carbonyl (C=O) groups is 1. The summed E-state index contributed by atoms with van der Waals surface area (Å²) in [5.41, 5.74) is 0.420. The zero-order valence-corrected chi connectivity index (χ0v) is 12.7. The Bertz CT molecular complexity index is 824. The van der Waals surface area contributed by atoms with Crippen LogP contribution in [0.5, 0.6) is 5.75 Å². The normalized spacial score (nSPS) is 15.1. The van der Waals surface area contributed by atoms with E-state index in [0.29, 0.717) is 32.7 Å². The predicted octanol–water partition coefficient (Wildman–Crippen LogP) is 0.497. The van der Waals surface area contributed by atoms with Crippen LogP contribution >= 0.6 is 0 Å². The standard InChI is InChI=1S/C15H17N3O5/c1-2-9-7-10(17-3-5-23-6-4-17)8-18-13(9)16-11(15(21)22)12(19)14(18)20/h7-8,19H,2-6H2,1H3,(H,21,22). The van der Waals surface area contributed by atoms with Crippen LogP contribution in [-0.4, -0.2) is 51.9 Å². The number of anilines is 1. The fraction of sp³-hybridized carbons (Fsp3) is 0.400. The number of ether oxygens (including phenoxy) is 1. The first-order valence-electron chi connectivity index (χ1n) is 7.37. The van der Waals surface area contributed by atoms with E-state index in [-0.39, 0.29) is 5.65 Å². The number of morpholine rings is 1. The van der Waals surface area contributed by atoms with Crippen LogP contribution in [-0.2, 0) is 11.2 Å². The van der Waals surface area contributed by atoms with Gasteiger partial charge >= 0.3 is 11.5 Å². The van der Waals surface area contributed by atoms with Crippen LogP contribution in [0.1, 0.15) is 23.0 Å². The largest absolute Gasteiger partial charge is 0.501 e. The third-order valence-electron chi connectivity index (χ3n) is 3.92. The number of carboxylic acids is 1. The molecule has 0 radical (unpaired) electrons. The van der Waals surface area contributed by atoms with Crippen LogP contribution in [0, 0.1) is 0 Å². The second-order valence-electron chi connectivity index (χ2n) is 5.29. The highest BCUT2D eigenvalue weighted by Gasteiger charge is 2.21. The number of nitrogens with zero attached hydrogens (tertiary/aromatic N) is 3. The summed E-state index contributed by atoms with van der Waals surface area (Å²) in [5, 5.41) is 18.9. The fourth-order valence-corrected chi connectivity index (χ4v) is 2.69. The van der Waals surface area contributed by atoms with Gasteiger partial charge in [0.2, 0.25) is 5.75 Å². The first-order valence-corrected chi connectivity index (χ1v) is 7.37. The average molecular weight is 319 g/mol. The maximum atomic E-state index is 12.3. The van der Waals surface area contributed by atoms with Gasteiger partial charge in [-0.15, -0.1) is 0 Å². The van der Waals surface area contributed by atoms with E-state index in [4.69, 9.17) is 9.84 Å². The number of aromatic carboxylic acids is 1. The molecule has 23 heavy (non-hydrogen) atoms. The number of rotatable bonds is 3. The number of pyridine rings is 1. The highest BCUT2D eigenvalue weighted by molar-refractivity contribution is 5.89. The van der Waals surface area contributed by atoms with Gasteiger partial charge in [0.25, 0.3) is 0 Å². The molecule has 0 aliphatic carbocycles. The Kier molecular flexibility index (Phi) is 3.91. The number of aromatic hydroxyl groups is 1. The first kappa shape index (κ1) is 15.3. The molecule has 1 aliphatic rings. The molecule has 3 rings (SSSR count). The summed E-state index contributed by atoms with van der Waals surface area (Å²) >= 11 is 0. The first-order chi connectivity index (χ1) is 11.0. The van der Waals surface area contributed by atoms with Gasteiger partial charge in [0.05, 0.1) is 18.9 Å². The summed E-state index contributed by atoms with van der Waals surface area (Å²) in [5.74, 6) is -2.28. The van der Waals surface area contributed by atoms with Crippen molar-refractivity contribution in [1.29, 1.82) is 0 Å². The molecule has 2 N–H and O–H groups in total. The predicted molar refractivity (Wildman–Crippen MR) is 82.5 cm³/mol. The molecule has 1 aliphatic heterocycles. The third kappa shape index (κ3) is 2.61. The van der Waals surface area contributed by atoms with Crippen LogP contribution in [0.25, 0.3) is 5.65 Å². The molecule has 8 nitrogen and oxygen atoms in total. The molecule has 2 aromatic rings. The van der Waals surface area contributed by atoms with Gasteiger partial charge in [-0.05, 0) is 18.1 Å². The van der Waals surface area contributed by atoms with Crippen LogP contribution in [0.2, 0.25) is 0 Å². The molecule has 0 unspecified atom stereocenters. The van der Waals surface area contributed by atoms with Crippen molar-refractivity contribution in [3.8, 4) is 5.75 Å². The fourth-order valence-electron chi connectivity index (χ4n) is 2.69. The van der Waals surface area contributed by atoms with Crippen molar-refractivity contribution in [3.63, 3.8) is 0 Å². The van der Waals surface area contributed by atoms with Crippen LogP contribution in [0.4, 0.5) is 5.69 Å². The second kappa shape index (κ2) is 5.88. The summed E-state index contributed by atoms with van der Waals surface area (Å²) in [6.07, 6.45) is 2.17. The van der Waals surface area contributed by atoms with Crippen LogP contribution in [0.15, 0.2) is 17.1 Å². The SMILES string of the molecule is CCc1cc(N2CCOCC2)cn2c(=O)c(O)c(C(=O)O)nc12. The van der Waals surface area contributed by atoms with Crippen molar-refractivity contribution >= 4 is 17.3 Å². The molecule has 0 atom stereocenters. The van der Waals surface area contributed by atoms with Gasteiger partial charge < -0.3 is 19.8 Å². The van der Waals surface area contributed by atoms with Gasteiger partial charge in [0.1, 0.15) is 5.65 Å². The van der Waals surface area contributed by atoms with Gasteiger partial charge in [-0.2, -0.15) is 0 Å². The number of hydrogen-bond donors (Lipinski definition) is 2. The maximum Gasteiger partial charge on any atom is 0.358 e. The topological polar surface area (TPSA) is 104 Å². The van der Waals surface area contributed by atoms with Crippen molar-refractivity contribution in [2.75, 3.05) is 31.2 Å². The van der Waals surface area contributed by atoms with E-state index in [0.717, 1.165) is 11.3 Å². The smallest absolute Gasteiger partial charge is 0.358 e. The minimum Gasteiger partial charge on any atom is -0.501 e. The summed E-state index contributed by atoms with van der Waals surface area (Å²) in [6.45, 7) is 4.52. The quantitative estimate of drug-likeness (QED) is 0.848. The lowest BCUT2D eigenvalue weighted by atomic mass is 10.1. The summed E-state index contributed by atoms with van der Waals surface area (Å²) in [4.78, 5) is 29.5. The Labute approximate surface area is 131 Å². The molecule has 8 heteroatoms. The number of hydrogen-bond acceptors (Lipinski definition) is 6. The zero-order valence-electron chi connectivity index (χ0n) is 12.7. The molecule has 3 heterocycles. The van der Waals surface area contributed by atoms with Crippen LogP contribution < -0.4 is 10.5 Å².